The standard InChI is InChI=1S/C16H18N2O/c1-3-18(2)15-9-6-13(7-10-15)4-5-14-8-11-16(19)17-12-14/h4-12H,3H2,1-2H3,(H,17,19)/b5-4+. The summed E-state index contributed by atoms with van der Waals surface area (Å²) in [7, 11) is 2.07. The first-order valence-corrected chi connectivity index (χ1v) is 6.37. The molecule has 3 heteroatoms. The van der Waals surface area contributed by atoms with Gasteiger partial charge in [-0.1, -0.05) is 24.3 Å². The molecule has 98 valence electrons. The highest BCUT2D eigenvalue weighted by Crippen LogP contribution is 2.15. The lowest BCUT2D eigenvalue weighted by atomic mass is 10.1. The van der Waals surface area contributed by atoms with E-state index in [1.165, 1.54) is 11.8 Å². The van der Waals surface area contributed by atoms with E-state index in [9.17, 15) is 4.79 Å². The van der Waals surface area contributed by atoms with Gasteiger partial charge in [0, 0.05) is 31.5 Å². The molecule has 1 heterocycles. The number of aromatic amines is 1. The van der Waals surface area contributed by atoms with E-state index in [-0.39, 0.29) is 5.56 Å². The van der Waals surface area contributed by atoms with E-state index in [0.717, 1.165) is 17.7 Å². The van der Waals surface area contributed by atoms with E-state index >= 15 is 0 Å². The molecule has 0 bridgehead atoms. The van der Waals surface area contributed by atoms with Gasteiger partial charge in [0.15, 0.2) is 0 Å². The molecule has 2 rings (SSSR count). The molecule has 2 aromatic rings. The van der Waals surface area contributed by atoms with Crippen molar-refractivity contribution < 1.29 is 0 Å². The number of rotatable bonds is 4. The van der Waals surface area contributed by atoms with Gasteiger partial charge < -0.3 is 9.88 Å². The molecule has 0 spiro atoms. The van der Waals surface area contributed by atoms with Crippen LogP contribution in [0.5, 0.6) is 0 Å². The zero-order valence-electron chi connectivity index (χ0n) is 11.3. The van der Waals surface area contributed by atoms with Crippen molar-refractivity contribution in [2.24, 2.45) is 0 Å². The number of anilines is 1. The molecule has 0 unspecified atom stereocenters. The highest BCUT2D eigenvalue weighted by atomic mass is 16.1. The average molecular weight is 254 g/mol. The maximum absolute atomic E-state index is 10.9. The smallest absolute Gasteiger partial charge is 0.247 e. The molecule has 0 amide bonds. The number of hydrogen-bond acceptors (Lipinski definition) is 2. The Balaban J connectivity index is 2.11. The van der Waals surface area contributed by atoms with Crippen LogP contribution in [0.1, 0.15) is 18.1 Å². The van der Waals surface area contributed by atoms with Gasteiger partial charge in [0.05, 0.1) is 0 Å². The highest BCUT2D eigenvalue weighted by molar-refractivity contribution is 5.70. The third-order valence-electron chi connectivity index (χ3n) is 3.08. The van der Waals surface area contributed by atoms with Crippen molar-refractivity contribution in [3.8, 4) is 0 Å². The van der Waals surface area contributed by atoms with Crippen molar-refractivity contribution in [2.75, 3.05) is 18.5 Å². The van der Waals surface area contributed by atoms with Crippen molar-refractivity contribution in [2.45, 2.75) is 6.92 Å². The second-order valence-corrected chi connectivity index (χ2v) is 4.43. The number of pyridine rings is 1. The van der Waals surface area contributed by atoms with Gasteiger partial charge in [-0.15, -0.1) is 0 Å². The summed E-state index contributed by atoms with van der Waals surface area (Å²) in [6.07, 6.45) is 5.72. The minimum absolute atomic E-state index is 0.0795. The normalized spacial score (nSPS) is 10.8. The van der Waals surface area contributed by atoms with Gasteiger partial charge in [0.2, 0.25) is 5.56 Å². The molecule has 0 aliphatic rings. The fourth-order valence-corrected chi connectivity index (χ4v) is 1.74. The molecule has 0 fully saturated rings. The van der Waals surface area contributed by atoms with Crippen LogP contribution < -0.4 is 10.5 Å². The van der Waals surface area contributed by atoms with E-state index < -0.39 is 0 Å². The quantitative estimate of drug-likeness (QED) is 0.910. The monoisotopic (exact) mass is 254 g/mol. The maximum atomic E-state index is 10.9. The Morgan fingerprint density at radius 1 is 1.05 bits per heavy atom. The summed E-state index contributed by atoms with van der Waals surface area (Å²) in [6, 6.07) is 11.7. The summed E-state index contributed by atoms with van der Waals surface area (Å²) in [5, 5.41) is 0. The molecule has 19 heavy (non-hydrogen) atoms. The molecule has 0 saturated carbocycles. The topological polar surface area (TPSA) is 36.1 Å². The molecular weight excluding hydrogens is 236 g/mol. The summed E-state index contributed by atoms with van der Waals surface area (Å²) >= 11 is 0. The predicted molar refractivity (Wildman–Crippen MR) is 81.4 cm³/mol. The summed E-state index contributed by atoms with van der Waals surface area (Å²) in [5.74, 6) is 0. The van der Waals surface area contributed by atoms with Gasteiger partial charge in [0.25, 0.3) is 0 Å². The molecule has 3 nitrogen and oxygen atoms in total. The van der Waals surface area contributed by atoms with Gasteiger partial charge in [-0.2, -0.15) is 0 Å². The van der Waals surface area contributed by atoms with Crippen molar-refractivity contribution in [3.63, 3.8) is 0 Å². The van der Waals surface area contributed by atoms with E-state index in [0.29, 0.717) is 0 Å². The molecule has 1 aromatic heterocycles. The van der Waals surface area contributed by atoms with Crippen LogP contribution in [0.15, 0.2) is 47.4 Å². The SMILES string of the molecule is CCN(C)c1ccc(/C=C/c2ccc(=O)[nH]c2)cc1. The Morgan fingerprint density at radius 3 is 2.26 bits per heavy atom. The van der Waals surface area contributed by atoms with Gasteiger partial charge in [-0.25, -0.2) is 0 Å². The van der Waals surface area contributed by atoms with Crippen LogP contribution in [0.25, 0.3) is 12.2 Å². The lowest BCUT2D eigenvalue weighted by molar-refractivity contribution is 0.968. The van der Waals surface area contributed by atoms with Crippen LogP contribution in [0.2, 0.25) is 0 Å². The number of nitrogens with zero attached hydrogens (tertiary/aromatic N) is 1. The van der Waals surface area contributed by atoms with Crippen LogP contribution >= 0.6 is 0 Å². The number of benzene rings is 1. The Bertz CT molecular complexity index is 591. The maximum Gasteiger partial charge on any atom is 0.247 e. The lowest BCUT2D eigenvalue weighted by Crippen LogP contribution is -2.15. The van der Waals surface area contributed by atoms with E-state index in [4.69, 9.17) is 0 Å². The first kappa shape index (κ1) is 13.1. The first-order valence-electron chi connectivity index (χ1n) is 6.37. The van der Waals surface area contributed by atoms with Gasteiger partial charge in [0.1, 0.15) is 0 Å². The Kier molecular flexibility index (Phi) is 4.18. The molecule has 1 aromatic carbocycles. The Hall–Kier alpha value is -2.29. The summed E-state index contributed by atoms with van der Waals surface area (Å²) < 4.78 is 0. The molecule has 0 aliphatic carbocycles. The number of H-pyrrole nitrogens is 1. The third kappa shape index (κ3) is 3.58. The first-order chi connectivity index (χ1) is 9.19. The minimum Gasteiger partial charge on any atom is -0.375 e. The summed E-state index contributed by atoms with van der Waals surface area (Å²) in [4.78, 5) is 15.8. The summed E-state index contributed by atoms with van der Waals surface area (Å²) in [6.45, 7) is 3.12. The number of nitrogens with one attached hydrogen (secondary N) is 1. The molecular formula is C16H18N2O. The third-order valence-corrected chi connectivity index (χ3v) is 3.08. The lowest BCUT2D eigenvalue weighted by Gasteiger charge is -2.16. The van der Waals surface area contributed by atoms with Crippen LogP contribution in [0.4, 0.5) is 5.69 Å². The van der Waals surface area contributed by atoms with Crippen molar-refractivity contribution >= 4 is 17.8 Å². The van der Waals surface area contributed by atoms with E-state index in [2.05, 4.69) is 48.1 Å². The molecule has 1 N–H and O–H groups in total. The Labute approximate surface area is 113 Å². The van der Waals surface area contributed by atoms with Crippen LogP contribution in [0, 0.1) is 0 Å². The zero-order valence-corrected chi connectivity index (χ0v) is 11.3. The van der Waals surface area contributed by atoms with Crippen molar-refractivity contribution in [3.05, 3.63) is 64.1 Å². The largest absolute Gasteiger partial charge is 0.375 e. The minimum atomic E-state index is -0.0795. The highest BCUT2D eigenvalue weighted by Gasteiger charge is 1.96. The molecule has 0 saturated heterocycles. The fraction of sp³-hybridized carbons (Fsp3) is 0.188. The van der Waals surface area contributed by atoms with Gasteiger partial charge in [-0.3, -0.25) is 4.79 Å². The van der Waals surface area contributed by atoms with Gasteiger partial charge >= 0.3 is 0 Å². The van der Waals surface area contributed by atoms with Crippen LogP contribution in [-0.2, 0) is 0 Å². The van der Waals surface area contributed by atoms with E-state index in [1.54, 1.807) is 12.3 Å². The second-order valence-electron chi connectivity index (χ2n) is 4.43. The second kappa shape index (κ2) is 6.05. The Morgan fingerprint density at radius 2 is 1.68 bits per heavy atom. The predicted octanol–water partition coefficient (Wildman–Crippen LogP) is 3.00. The summed E-state index contributed by atoms with van der Waals surface area (Å²) in [5.41, 5.74) is 3.25. The molecule has 0 radical (unpaired) electrons. The van der Waals surface area contributed by atoms with Crippen molar-refractivity contribution in [1.29, 1.82) is 0 Å². The molecule has 0 atom stereocenters. The van der Waals surface area contributed by atoms with E-state index in [1.807, 2.05) is 12.2 Å². The van der Waals surface area contributed by atoms with Gasteiger partial charge in [-0.05, 0) is 36.2 Å². The zero-order chi connectivity index (χ0) is 13.7. The van der Waals surface area contributed by atoms with Crippen molar-refractivity contribution in [1.82, 2.24) is 4.98 Å². The molecule has 0 aliphatic heterocycles. The van der Waals surface area contributed by atoms with Crippen LogP contribution in [-0.4, -0.2) is 18.6 Å². The number of aromatic nitrogens is 1. The average Bonchev–Trinajstić information content (AvgIpc) is 2.46. The number of hydrogen-bond donors (Lipinski definition) is 1. The van der Waals surface area contributed by atoms with Crippen LogP contribution in [0.3, 0.4) is 0 Å². The fourth-order valence-electron chi connectivity index (χ4n) is 1.74.